The molecule has 2 atom stereocenters. The van der Waals surface area contributed by atoms with Gasteiger partial charge in [0.1, 0.15) is 12.2 Å². The Morgan fingerprint density at radius 2 is 1.53 bits per heavy atom. The normalized spacial score (nSPS) is 15.1. The molecule has 2 aromatic carbocycles. The highest BCUT2D eigenvalue weighted by molar-refractivity contribution is 6.08. The third kappa shape index (κ3) is 5.49. The lowest BCUT2D eigenvalue weighted by atomic mass is 9.82. The van der Waals surface area contributed by atoms with Gasteiger partial charge >= 0.3 is 17.9 Å². The van der Waals surface area contributed by atoms with Crippen molar-refractivity contribution < 1.29 is 29.0 Å². The second-order valence-electron chi connectivity index (χ2n) is 9.68. The van der Waals surface area contributed by atoms with Crippen LogP contribution in [0.4, 0.5) is 0 Å². The number of ether oxygens (including phenoxy) is 2. The summed E-state index contributed by atoms with van der Waals surface area (Å²) in [6, 6.07) is 15.5. The van der Waals surface area contributed by atoms with Crippen molar-refractivity contribution in [2.75, 3.05) is 13.2 Å². The van der Waals surface area contributed by atoms with Gasteiger partial charge in [-0.3, -0.25) is 9.79 Å². The van der Waals surface area contributed by atoms with E-state index >= 15 is 0 Å². The molecule has 0 aliphatic heterocycles. The van der Waals surface area contributed by atoms with E-state index in [4.69, 9.17) is 26.7 Å². The fourth-order valence-electron chi connectivity index (χ4n) is 4.30. The first-order valence-electron chi connectivity index (χ1n) is 11.5. The lowest BCUT2D eigenvalue weighted by molar-refractivity contribution is -0.178. The summed E-state index contributed by atoms with van der Waals surface area (Å²) in [4.78, 5) is 42.3. The molecule has 1 aliphatic carbocycles. The van der Waals surface area contributed by atoms with Crippen LogP contribution >= 0.6 is 0 Å². The van der Waals surface area contributed by atoms with Gasteiger partial charge in [0.25, 0.3) is 0 Å². The van der Waals surface area contributed by atoms with Gasteiger partial charge in [0, 0.05) is 12.5 Å². The monoisotopic (exact) mass is 496 g/mol. The summed E-state index contributed by atoms with van der Waals surface area (Å²) in [5.41, 5.74) is 17.1. The topological polar surface area (TPSA) is 180 Å². The van der Waals surface area contributed by atoms with Gasteiger partial charge in [-0.15, -0.1) is 0 Å². The van der Waals surface area contributed by atoms with E-state index in [0.717, 1.165) is 22.3 Å². The fourth-order valence-corrected chi connectivity index (χ4v) is 4.30. The Hall–Kier alpha value is -3.92. The lowest BCUT2D eigenvalue weighted by Crippen LogP contribution is -2.64. The van der Waals surface area contributed by atoms with Gasteiger partial charge < -0.3 is 31.8 Å². The molecule has 36 heavy (non-hydrogen) atoms. The van der Waals surface area contributed by atoms with E-state index in [2.05, 4.69) is 4.99 Å². The smallest absolute Gasteiger partial charge is 0.339 e. The van der Waals surface area contributed by atoms with Crippen LogP contribution in [0.3, 0.4) is 0 Å². The predicted molar refractivity (Wildman–Crippen MR) is 134 cm³/mol. The third-order valence-electron chi connectivity index (χ3n) is 5.99. The summed E-state index contributed by atoms with van der Waals surface area (Å²) in [6.07, 6.45) is -0.253. The summed E-state index contributed by atoms with van der Waals surface area (Å²) in [6.45, 7) is 4.47. The highest BCUT2D eigenvalue weighted by Crippen LogP contribution is 2.44. The first kappa shape index (κ1) is 26.7. The van der Waals surface area contributed by atoms with Gasteiger partial charge in [0.15, 0.2) is 5.96 Å². The number of benzene rings is 2. The number of fused-ring (bicyclic) bond motifs is 3. The van der Waals surface area contributed by atoms with Crippen molar-refractivity contribution in [3.63, 3.8) is 0 Å². The molecule has 0 heterocycles. The Balaban J connectivity index is 1.90. The Morgan fingerprint density at radius 1 is 1.00 bits per heavy atom. The van der Waals surface area contributed by atoms with E-state index in [9.17, 15) is 19.5 Å². The van der Waals surface area contributed by atoms with Crippen molar-refractivity contribution in [3.05, 3.63) is 59.7 Å². The summed E-state index contributed by atoms with van der Waals surface area (Å²) in [7, 11) is 0. The first-order chi connectivity index (χ1) is 16.9. The zero-order valence-corrected chi connectivity index (χ0v) is 20.6. The quantitative estimate of drug-likeness (QED) is 0.174. The number of rotatable bonds is 9. The van der Waals surface area contributed by atoms with Gasteiger partial charge in [-0.05, 0) is 49.4 Å². The van der Waals surface area contributed by atoms with E-state index in [-0.39, 0.29) is 31.4 Å². The van der Waals surface area contributed by atoms with Gasteiger partial charge in [-0.25, -0.2) is 9.59 Å². The molecule has 0 saturated heterocycles. The van der Waals surface area contributed by atoms with Crippen LogP contribution < -0.4 is 17.2 Å². The second kappa shape index (κ2) is 10.4. The van der Waals surface area contributed by atoms with Crippen LogP contribution in [0.5, 0.6) is 0 Å². The number of carboxylic acid groups (broad SMARTS) is 1. The third-order valence-corrected chi connectivity index (χ3v) is 5.99. The first-order valence-corrected chi connectivity index (χ1v) is 11.5. The van der Waals surface area contributed by atoms with Crippen LogP contribution in [0.2, 0.25) is 0 Å². The minimum Gasteiger partial charge on any atom is -0.479 e. The van der Waals surface area contributed by atoms with Crippen molar-refractivity contribution in [2.45, 2.75) is 44.2 Å². The van der Waals surface area contributed by atoms with Crippen molar-refractivity contribution in [1.82, 2.24) is 0 Å². The fraction of sp³-hybridized carbons (Fsp3) is 0.385. The van der Waals surface area contributed by atoms with Crippen LogP contribution in [0.25, 0.3) is 11.1 Å². The van der Waals surface area contributed by atoms with Crippen LogP contribution in [0.1, 0.15) is 44.2 Å². The van der Waals surface area contributed by atoms with Crippen molar-refractivity contribution >= 4 is 23.9 Å². The molecule has 2 aromatic rings. The Labute approximate surface area is 209 Å². The number of carbonyl (C=O) groups is 3. The molecule has 10 heteroatoms. The van der Waals surface area contributed by atoms with E-state index in [1.165, 1.54) is 0 Å². The van der Waals surface area contributed by atoms with Gasteiger partial charge in [-0.1, -0.05) is 48.5 Å². The number of hydrogen-bond acceptors (Lipinski definition) is 7. The maximum atomic E-state index is 13.3. The zero-order chi connectivity index (χ0) is 26.7. The SMILES string of the molecule is CC(C)(C)OC(=O)C(N)(C(=O)O)C(CCN=C(N)N)C(=O)OCC1c2ccccc2-c2ccccc21. The minimum absolute atomic E-state index is 0.0737. The molecule has 0 spiro atoms. The molecule has 192 valence electrons. The molecule has 7 N–H and O–H groups in total. The van der Waals surface area contributed by atoms with Gasteiger partial charge in [-0.2, -0.15) is 0 Å². The molecule has 0 aromatic heterocycles. The van der Waals surface area contributed by atoms with Gasteiger partial charge in [0.05, 0.1) is 5.92 Å². The number of aliphatic imine (C=N–C) groups is 1. The van der Waals surface area contributed by atoms with Crippen LogP contribution in [0, 0.1) is 5.92 Å². The highest BCUT2D eigenvalue weighted by atomic mass is 16.6. The summed E-state index contributed by atoms with van der Waals surface area (Å²) in [5, 5.41) is 9.95. The number of nitrogens with two attached hydrogens (primary N) is 3. The van der Waals surface area contributed by atoms with E-state index in [1.807, 2.05) is 48.5 Å². The van der Waals surface area contributed by atoms with Crippen LogP contribution in [-0.2, 0) is 23.9 Å². The zero-order valence-electron chi connectivity index (χ0n) is 20.6. The highest BCUT2D eigenvalue weighted by Gasteiger charge is 2.55. The largest absolute Gasteiger partial charge is 0.479 e. The van der Waals surface area contributed by atoms with Crippen molar-refractivity contribution in [3.8, 4) is 11.1 Å². The number of guanidine groups is 1. The molecule has 0 amide bonds. The molecule has 3 rings (SSSR count). The van der Waals surface area contributed by atoms with Gasteiger partial charge in [0.2, 0.25) is 5.54 Å². The maximum absolute atomic E-state index is 13.3. The molecule has 1 aliphatic rings. The summed E-state index contributed by atoms with van der Waals surface area (Å²) < 4.78 is 10.9. The average molecular weight is 497 g/mol. The second-order valence-corrected chi connectivity index (χ2v) is 9.68. The number of esters is 2. The van der Waals surface area contributed by atoms with Crippen LogP contribution in [0.15, 0.2) is 53.5 Å². The number of aliphatic carboxylic acids is 1. The van der Waals surface area contributed by atoms with E-state index in [0.29, 0.717) is 0 Å². The summed E-state index contributed by atoms with van der Waals surface area (Å²) >= 11 is 0. The van der Waals surface area contributed by atoms with Crippen molar-refractivity contribution in [1.29, 1.82) is 0 Å². The molecule has 2 unspecified atom stereocenters. The maximum Gasteiger partial charge on any atom is 0.339 e. The number of hydrogen-bond donors (Lipinski definition) is 4. The minimum atomic E-state index is -2.71. The van der Waals surface area contributed by atoms with E-state index in [1.54, 1.807) is 20.8 Å². The molecule has 10 nitrogen and oxygen atoms in total. The molecule has 0 fully saturated rings. The molecular formula is C26H32N4O6. The number of carbonyl (C=O) groups excluding carboxylic acids is 2. The average Bonchev–Trinajstić information content (AvgIpc) is 3.12. The standard InChI is InChI=1S/C26H32N4O6/c1-25(2,3)36-23(34)26(29,22(32)33)20(12-13-30-24(27)28)21(31)35-14-19-17-10-6-4-8-15(17)16-9-5-7-11-18(16)19/h4-11,19-20H,12-14,29H2,1-3H3,(H,32,33)(H4,27,28,30). The lowest BCUT2D eigenvalue weighted by Gasteiger charge is -2.33. The van der Waals surface area contributed by atoms with Crippen molar-refractivity contribution in [2.24, 2.45) is 28.1 Å². The Morgan fingerprint density at radius 3 is 2.00 bits per heavy atom. The van der Waals surface area contributed by atoms with E-state index < -0.39 is 35.0 Å². The number of carboxylic acids is 1. The molecular weight excluding hydrogens is 464 g/mol. The summed E-state index contributed by atoms with van der Waals surface area (Å²) in [5.74, 6) is -6.07. The Bertz CT molecular complexity index is 1140. The predicted octanol–water partition coefficient (Wildman–Crippen LogP) is 1.75. The van der Waals surface area contributed by atoms with Crippen LogP contribution in [-0.4, -0.2) is 53.3 Å². The molecule has 0 bridgehead atoms. The number of nitrogens with zero attached hydrogens (tertiary/aromatic N) is 1. The Kier molecular flexibility index (Phi) is 7.68. The molecule has 0 saturated carbocycles. The molecule has 0 radical (unpaired) electrons.